The molecular formula is C11H15N3. The van der Waals surface area contributed by atoms with Crippen molar-refractivity contribution in [3.05, 3.63) is 35.4 Å². The minimum atomic E-state index is 0.704. The van der Waals surface area contributed by atoms with Crippen LogP contribution in [0.5, 0.6) is 0 Å². The average molecular weight is 189 g/mol. The van der Waals surface area contributed by atoms with Gasteiger partial charge in [0.05, 0.1) is 11.6 Å². The van der Waals surface area contributed by atoms with Gasteiger partial charge in [-0.05, 0) is 37.2 Å². The Hall–Kier alpha value is -1.37. The van der Waals surface area contributed by atoms with Crippen molar-refractivity contribution in [2.24, 2.45) is 5.73 Å². The Morgan fingerprint density at radius 1 is 1.29 bits per heavy atom. The molecule has 0 aromatic heterocycles. The predicted molar refractivity (Wildman–Crippen MR) is 56.5 cm³/mol. The van der Waals surface area contributed by atoms with Crippen molar-refractivity contribution in [1.29, 1.82) is 5.26 Å². The van der Waals surface area contributed by atoms with Crippen LogP contribution in [0.3, 0.4) is 0 Å². The highest BCUT2D eigenvalue weighted by atomic mass is 14.8. The van der Waals surface area contributed by atoms with Gasteiger partial charge in [0.15, 0.2) is 0 Å². The molecule has 0 atom stereocenters. The maximum absolute atomic E-state index is 8.60. The van der Waals surface area contributed by atoms with E-state index in [2.05, 4.69) is 11.4 Å². The second kappa shape index (κ2) is 6.14. The predicted octanol–water partition coefficient (Wildman–Crippen LogP) is 0.997. The fourth-order valence-electron chi connectivity index (χ4n) is 1.16. The summed E-state index contributed by atoms with van der Waals surface area (Å²) in [6.07, 6.45) is 0.996. The SMILES string of the molecule is N#Cc1ccc(CNCCCN)cc1. The summed E-state index contributed by atoms with van der Waals surface area (Å²) < 4.78 is 0. The molecule has 0 amide bonds. The summed E-state index contributed by atoms with van der Waals surface area (Å²) >= 11 is 0. The van der Waals surface area contributed by atoms with E-state index < -0.39 is 0 Å². The molecule has 1 rings (SSSR count). The van der Waals surface area contributed by atoms with E-state index in [9.17, 15) is 0 Å². The van der Waals surface area contributed by atoms with Crippen molar-refractivity contribution in [3.8, 4) is 6.07 Å². The van der Waals surface area contributed by atoms with Crippen molar-refractivity contribution in [2.45, 2.75) is 13.0 Å². The minimum absolute atomic E-state index is 0.704. The van der Waals surface area contributed by atoms with Gasteiger partial charge < -0.3 is 11.1 Å². The molecule has 14 heavy (non-hydrogen) atoms. The highest BCUT2D eigenvalue weighted by Crippen LogP contribution is 2.02. The molecule has 74 valence electrons. The number of nitrogens with one attached hydrogen (secondary N) is 1. The Bertz CT molecular complexity index is 297. The number of nitrogens with two attached hydrogens (primary N) is 1. The van der Waals surface area contributed by atoms with E-state index >= 15 is 0 Å². The second-order valence-electron chi connectivity index (χ2n) is 3.13. The molecule has 0 unspecified atom stereocenters. The van der Waals surface area contributed by atoms with Crippen molar-refractivity contribution >= 4 is 0 Å². The molecule has 3 nitrogen and oxygen atoms in total. The molecule has 0 spiro atoms. The lowest BCUT2D eigenvalue weighted by Gasteiger charge is -2.03. The van der Waals surface area contributed by atoms with Gasteiger partial charge in [-0.15, -0.1) is 0 Å². The van der Waals surface area contributed by atoms with Crippen LogP contribution >= 0.6 is 0 Å². The fourth-order valence-corrected chi connectivity index (χ4v) is 1.16. The Morgan fingerprint density at radius 3 is 2.57 bits per heavy atom. The molecular weight excluding hydrogens is 174 g/mol. The van der Waals surface area contributed by atoms with Crippen molar-refractivity contribution in [1.82, 2.24) is 5.32 Å². The monoisotopic (exact) mass is 189 g/mol. The first kappa shape index (κ1) is 10.7. The molecule has 0 saturated carbocycles. The van der Waals surface area contributed by atoms with E-state index in [0.29, 0.717) is 5.56 Å². The third-order valence-corrected chi connectivity index (χ3v) is 1.97. The third-order valence-electron chi connectivity index (χ3n) is 1.97. The van der Waals surface area contributed by atoms with Crippen LogP contribution < -0.4 is 11.1 Å². The standard InChI is InChI=1S/C11H15N3/c12-6-1-7-14-9-11-4-2-10(8-13)3-5-11/h2-5,14H,1,6-7,9,12H2. The zero-order valence-electron chi connectivity index (χ0n) is 8.16. The molecule has 0 aliphatic rings. The molecule has 0 aliphatic carbocycles. The van der Waals surface area contributed by atoms with Gasteiger partial charge in [0, 0.05) is 6.54 Å². The molecule has 0 bridgehead atoms. The molecule has 1 aromatic rings. The molecule has 0 heterocycles. The van der Waals surface area contributed by atoms with Crippen LogP contribution in [0.25, 0.3) is 0 Å². The van der Waals surface area contributed by atoms with E-state index in [1.165, 1.54) is 5.56 Å². The summed E-state index contributed by atoms with van der Waals surface area (Å²) in [4.78, 5) is 0. The molecule has 1 aromatic carbocycles. The summed E-state index contributed by atoms with van der Waals surface area (Å²) in [5.41, 5.74) is 7.27. The highest BCUT2D eigenvalue weighted by molar-refractivity contribution is 5.31. The summed E-state index contributed by atoms with van der Waals surface area (Å²) in [5.74, 6) is 0. The van der Waals surface area contributed by atoms with E-state index in [0.717, 1.165) is 26.1 Å². The van der Waals surface area contributed by atoms with Crippen LogP contribution in [0, 0.1) is 11.3 Å². The lowest BCUT2D eigenvalue weighted by molar-refractivity contribution is 0.655. The van der Waals surface area contributed by atoms with Crippen LogP contribution in [-0.4, -0.2) is 13.1 Å². The van der Waals surface area contributed by atoms with E-state index in [4.69, 9.17) is 11.0 Å². The Balaban J connectivity index is 2.33. The maximum Gasteiger partial charge on any atom is 0.0991 e. The number of nitrogens with zero attached hydrogens (tertiary/aromatic N) is 1. The Kier molecular flexibility index (Phi) is 4.70. The summed E-state index contributed by atoms with van der Waals surface area (Å²) in [5, 5.41) is 11.9. The molecule has 3 heteroatoms. The van der Waals surface area contributed by atoms with Crippen LogP contribution in [0.1, 0.15) is 17.5 Å². The van der Waals surface area contributed by atoms with Gasteiger partial charge in [0.25, 0.3) is 0 Å². The molecule has 0 radical (unpaired) electrons. The molecule has 0 aliphatic heterocycles. The average Bonchev–Trinajstić information content (AvgIpc) is 2.25. The number of hydrogen-bond donors (Lipinski definition) is 2. The van der Waals surface area contributed by atoms with Gasteiger partial charge >= 0.3 is 0 Å². The number of benzene rings is 1. The smallest absolute Gasteiger partial charge is 0.0991 e. The zero-order valence-corrected chi connectivity index (χ0v) is 8.16. The van der Waals surface area contributed by atoms with E-state index in [1.807, 2.05) is 24.3 Å². The highest BCUT2D eigenvalue weighted by Gasteiger charge is 1.92. The number of nitriles is 1. The van der Waals surface area contributed by atoms with Crippen molar-refractivity contribution in [2.75, 3.05) is 13.1 Å². The van der Waals surface area contributed by atoms with E-state index in [1.54, 1.807) is 0 Å². The van der Waals surface area contributed by atoms with Gasteiger partial charge in [-0.1, -0.05) is 12.1 Å². The first-order chi connectivity index (χ1) is 6.86. The Morgan fingerprint density at radius 2 is 2.00 bits per heavy atom. The maximum atomic E-state index is 8.60. The third kappa shape index (κ3) is 3.56. The molecule has 0 fully saturated rings. The largest absolute Gasteiger partial charge is 0.330 e. The lowest BCUT2D eigenvalue weighted by atomic mass is 10.1. The number of rotatable bonds is 5. The summed E-state index contributed by atoms with van der Waals surface area (Å²) in [6, 6.07) is 9.69. The van der Waals surface area contributed by atoms with Gasteiger partial charge in [-0.3, -0.25) is 0 Å². The first-order valence-electron chi connectivity index (χ1n) is 4.76. The van der Waals surface area contributed by atoms with Crippen molar-refractivity contribution in [3.63, 3.8) is 0 Å². The van der Waals surface area contributed by atoms with Crippen LogP contribution in [0.15, 0.2) is 24.3 Å². The van der Waals surface area contributed by atoms with E-state index in [-0.39, 0.29) is 0 Å². The van der Waals surface area contributed by atoms with Crippen LogP contribution in [0.4, 0.5) is 0 Å². The fraction of sp³-hybridized carbons (Fsp3) is 0.364. The molecule has 0 saturated heterocycles. The van der Waals surface area contributed by atoms with Crippen LogP contribution in [-0.2, 0) is 6.54 Å². The lowest BCUT2D eigenvalue weighted by Crippen LogP contribution is -2.17. The Labute approximate surface area is 84.5 Å². The summed E-state index contributed by atoms with van der Waals surface area (Å²) in [7, 11) is 0. The normalized spacial score (nSPS) is 9.71. The number of hydrogen-bond acceptors (Lipinski definition) is 3. The molecule has 3 N–H and O–H groups in total. The van der Waals surface area contributed by atoms with Gasteiger partial charge in [-0.25, -0.2) is 0 Å². The minimum Gasteiger partial charge on any atom is -0.330 e. The first-order valence-corrected chi connectivity index (χ1v) is 4.76. The zero-order chi connectivity index (χ0) is 10.2. The van der Waals surface area contributed by atoms with Crippen molar-refractivity contribution < 1.29 is 0 Å². The topological polar surface area (TPSA) is 61.8 Å². The second-order valence-corrected chi connectivity index (χ2v) is 3.13. The quantitative estimate of drug-likeness (QED) is 0.679. The van der Waals surface area contributed by atoms with Crippen LogP contribution in [0.2, 0.25) is 0 Å². The van der Waals surface area contributed by atoms with Gasteiger partial charge in [0.1, 0.15) is 0 Å². The van der Waals surface area contributed by atoms with Gasteiger partial charge in [-0.2, -0.15) is 5.26 Å². The summed E-state index contributed by atoms with van der Waals surface area (Å²) in [6.45, 7) is 2.50. The van der Waals surface area contributed by atoms with Gasteiger partial charge in [0.2, 0.25) is 0 Å².